The van der Waals surface area contributed by atoms with Crippen LogP contribution in [0.2, 0.25) is 5.02 Å². The van der Waals surface area contributed by atoms with E-state index in [1.54, 1.807) is 0 Å². The molecule has 0 aromatic heterocycles. The normalized spacial score (nSPS) is 14.5. The molecule has 1 fully saturated rings. The lowest BCUT2D eigenvalue weighted by Gasteiger charge is -2.08. The van der Waals surface area contributed by atoms with Gasteiger partial charge in [-0.2, -0.15) is 0 Å². The van der Waals surface area contributed by atoms with E-state index >= 15 is 0 Å². The van der Waals surface area contributed by atoms with Gasteiger partial charge in [0.2, 0.25) is 0 Å². The number of rotatable bonds is 4. The van der Waals surface area contributed by atoms with Crippen molar-refractivity contribution in [2.45, 2.75) is 25.9 Å². The fourth-order valence-corrected chi connectivity index (χ4v) is 1.63. The van der Waals surface area contributed by atoms with Crippen molar-refractivity contribution >= 4 is 23.1 Å². The van der Waals surface area contributed by atoms with E-state index in [9.17, 15) is 14.9 Å². The van der Waals surface area contributed by atoms with Crippen LogP contribution in [-0.2, 0) is 0 Å². The molecule has 1 aliphatic carbocycles. The zero-order valence-corrected chi connectivity index (χ0v) is 9.86. The molecule has 0 heterocycles. The second kappa shape index (κ2) is 4.33. The summed E-state index contributed by atoms with van der Waals surface area (Å²) in [7, 11) is 0. The monoisotopic (exact) mass is 255 g/mol. The molecular weight excluding hydrogens is 246 g/mol. The number of Topliss-reactive ketones (excluding diaryl/α,β-unsaturated/α-hetero) is 1. The van der Waals surface area contributed by atoms with Gasteiger partial charge in [0.05, 0.1) is 21.6 Å². The molecule has 1 aromatic rings. The molecule has 1 aliphatic rings. The van der Waals surface area contributed by atoms with Crippen molar-refractivity contribution in [2.75, 3.05) is 0 Å². The minimum Gasteiger partial charge on any atom is -0.489 e. The van der Waals surface area contributed by atoms with Crippen LogP contribution in [0.3, 0.4) is 0 Å². The molecule has 0 radical (unpaired) electrons. The number of nitro groups is 1. The number of benzene rings is 1. The van der Waals surface area contributed by atoms with Crippen molar-refractivity contribution in [3.8, 4) is 5.75 Å². The molecule has 0 amide bonds. The minimum atomic E-state index is -0.622. The van der Waals surface area contributed by atoms with Crippen LogP contribution in [0.25, 0.3) is 0 Å². The molecule has 0 saturated heterocycles. The van der Waals surface area contributed by atoms with Crippen LogP contribution in [0.5, 0.6) is 5.75 Å². The summed E-state index contributed by atoms with van der Waals surface area (Å²) >= 11 is 5.88. The molecular formula is C11H10ClNO4. The van der Waals surface area contributed by atoms with Gasteiger partial charge in [-0.15, -0.1) is 0 Å². The maximum Gasteiger partial charge on any atom is 0.281 e. The molecule has 6 heteroatoms. The lowest BCUT2D eigenvalue weighted by atomic mass is 10.1. The fourth-order valence-electron chi connectivity index (χ4n) is 1.43. The number of nitrogens with zero attached hydrogens (tertiary/aromatic N) is 1. The summed E-state index contributed by atoms with van der Waals surface area (Å²) in [5.41, 5.74) is -0.263. The Kier molecular flexibility index (Phi) is 3.02. The molecule has 17 heavy (non-hydrogen) atoms. The van der Waals surface area contributed by atoms with Crippen molar-refractivity contribution in [3.05, 3.63) is 32.8 Å². The quantitative estimate of drug-likeness (QED) is 0.471. The summed E-state index contributed by atoms with van der Waals surface area (Å²) in [4.78, 5) is 21.5. The van der Waals surface area contributed by atoms with Crippen molar-refractivity contribution < 1.29 is 14.5 Å². The topological polar surface area (TPSA) is 69.4 Å². The van der Waals surface area contributed by atoms with E-state index in [0.717, 1.165) is 18.9 Å². The number of hydrogen-bond donors (Lipinski definition) is 0. The highest BCUT2D eigenvalue weighted by atomic mass is 35.5. The van der Waals surface area contributed by atoms with E-state index in [1.807, 2.05) is 0 Å². The van der Waals surface area contributed by atoms with Gasteiger partial charge >= 0.3 is 0 Å². The van der Waals surface area contributed by atoms with E-state index < -0.39 is 4.92 Å². The number of halogens is 1. The Labute approximate surface area is 102 Å². The van der Waals surface area contributed by atoms with Gasteiger partial charge in [-0.05, 0) is 25.8 Å². The van der Waals surface area contributed by atoms with Crippen LogP contribution in [0.15, 0.2) is 12.1 Å². The highest BCUT2D eigenvalue weighted by Gasteiger charge is 2.27. The van der Waals surface area contributed by atoms with E-state index in [-0.39, 0.29) is 28.2 Å². The molecule has 2 rings (SSSR count). The van der Waals surface area contributed by atoms with E-state index in [2.05, 4.69) is 0 Å². The first-order chi connectivity index (χ1) is 7.99. The van der Waals surface area contributed by atoms with Crippen molar-refractivity contribution in [3.63, 3.8) is 0 Å². The summed E-state index contributed by atoms with van der Waals surface area (Å²) < 4.78 is 5.47. The highest BCUT2D eigenvalue weighted by molar-refractivity contribution is 6.32. The van der Waals surface area contributed by atoms with Gasteiger partial charge < -0.3 is 4.74 Å². The molecule has 0 spiro atoms. The summed E-state index contributed by atoms with van der Waals surface area (Å²) in [6.07, 6.45) is 2.01. The number of ketones is 1. The zero-order chi connectivity index (χ0) is 12.6. The molecule has 0 unspecified atom stereocenters. The number of carbonyl (C=O) groups excluding carboxylic acids is 1. The molecule has 0 bridgehead atoms. The van der Waals surface area contributed by atoms with Gasteiger partial charge in [-0.25, -0.2) is 0 Å². The Balaban J connectivity index is 2.45. The Hall–Kier alpha value is -1.62. The Bertz CT molecular complexity index is 496. The average molecular weight is 256 g/mol. The maximum atomic E-state index is 11.3. The van der Waals surface area contributed by atoms with E-state index in [0.29, 0.717) is 5.75 Å². The van der Waals surface area contributed by atoms with Gasteiger partial charge in [0, 0.05) is 6.07 Å². The van der Waals surface area contributed by atoms with Crippen LogP contribution in [-0.4, -0.2) is 16.8 Å². The van der Waals surface area contributed by atoms with Crippen LogP contribution >= 0.6 is 11.6 Å². The summed E-state index contributed by atoms with van der Waals surface area (Å²) in [5, 5.41) is 10.9. The second-order valence-electron chi connectivity index (χ2n) is 3.93. The predicted octanol–water partition coefficient (Wildman–Crippen LogP) is 2.99. The van der Waals surface area contributed by atoms with Crippen LogP contribution < -0.4 is 4.74 Å². The largest absolute Gasteiger partial charge is 0.489 e. The number of hydrogen-bond acceptors (Lipinski definition) is 4. The van der Waals surface area contributed by atoms with Gasteiger partial charge in [0.1, 0.15) is 5.75 Å². The minimum absolute atomic E-state index is 0.0232. The van der Waals surface area contributed by atoms with Crippen LogP contribution in [0.4, 0.5) is 5.69 Å². The maximum absolute atomic E-state index is 11.3. The van der Waals surface area contributed by atoms with Crippen molar-refractivity contribution in [1.29, 1.82) is 0 Å². The Morgan fingerprint density at radius 2 is 2.18 bits per heavy atom. The molecule has 0 aliphatic heterocycles. The molecule has 5 nitrogen and oxygen atoms in total. The lowest BCUT2D eigenvalue weighted by Crippen LogP contribution is -2.03. The number of carbonyl (C=O) groups is 1. The Morgan fingerprint density at radius 1 is 1.53 bits per heavy atom. The Morgan fingerprint density at radius 3 is 2.65 bits per heavy atom. The molecule has 90 valence electrons. The standard InChI is InChI=1S/C11H10ClNO4/c1-6(14)8-4-11(17-7-2-3-7)9(12)5-10(8)13(15)16/h4-5,7H,2-3H2,1H3. The third kappa shape index (κ3) is 2.55. The van der Waals surface area contributed by atoms with E-state index in [4.69, 9.17) is 16.3 Å². The number of nitro benzene ring substituents is 1. The molecule has 1 saturated carbocycles. The van der Waals surface area contributed by atoms with Crippen LogP contribution in [0.1, 0.15) is 30.1 Å². The first kappa shape index (κ1) is 11.9. The van der Waals surface area contributed by atoms with Gasteiger partial charge in [-0.3, -0.25) is 14.9 Å². The first-order valence-electron chi connectivity index (χ1n) is 5.14. The average Bonchev–Trinajstić information content (AvgIpc) is 3.03. The highest BCUT2D eigenvalue weighted by Crippen LogP contribution is 2.36. The third-order valence-electron chi connectivity index (χ3n) is 2.44. The van der Waals surface area contributed by atoms with E-state index in [1.165, 1.54) is 13.0 Å². The third-order valence-corrected chi connectivity index (χ3v) is 2.74. The fraction of sp³-hybridized carbons (Fsp3) is 0.364. The summed E-state index contributed by atoms with van der Waals surface area (Å²) in [6, 6.07) is 2.51. The molecule has 0 atom stereocenters. The summed E-state index contributed by atoms with van der Waals surface area (Å²) in [5.74, 6) is -0.0426. The summed E-state index contributed by atoms with van der Waals surface area (Å²) in [6.45, 7) is 1.27. The van der Waals surface area contributed by atoms with Gasteiger partial charge in [-0.1, -0.05) is 11.6 Å². The zero-order valence-electron chi connectivity index (χ0n) is 9.10. The lowest BCUT2D eigenvalue weighted by molar-refractivity contribution is -0.385. The van der Waals surface area contributed by atoms with Gasteiger partial charge in [0.15, 0.2) is 5.78 Å². The first-order valence-corrected chi connectivity index (χ1v) is 5.52. The number of ether oxygens (including phenoxy) is 1. The molecule has 0 N–H and O–H groups in total. The van der Waals surface area contributed by atoms with Crippen molar-refractivity contribution in [2.24, 2.45) is 0 Å². The van der Waals surface area contributed by atoms with Gasteiger partial charge in [0.25, 0.3) is 5.69 Å². The van der Waals surface area contributed by atoms with Crippen molar-refractivity contribution in [1.82, 2.24) is 0 Å². The smallest absolute Gasteiger partial charge is 0.281 e. The predicted molar refractivity (Wildman–Crippen MR) is 61.8 cm³/mol. The second-order valence-corrected chi connectivity index (χ2v) is 4.34. The SMILES string of the molecule is CC(=O)c1cc(OC2CC2)c(Cl)cc1[N+](=O)[O-]. The molecule has 1 aromatic carbocycles. The van der Waals surface area contributed by atoms with Crippen LogP contribution in [0, 0.1) is 10.1 Å².